The molecule has 0 amide bonds. The Morgan fingerprint density at radius 2 is 2.11 bits per heavy atom. The van der Waals surface area contributed by atoms with Gasteiger partial charge >= 0.3 is 11.9 Å². The van der Waals surface area contributed by atoms with Crippen LogP contribution in [0.25, 0.3) is 0 Å². The zero-order valence-corrected chi connectivity index (χ0v) is 11.3. The van der Waals surface area contributed by atoms with Crippen molar-refractivity contribution in [3.63, 3.8) is 0 Å². The second-order valence-corrected chi connectivity index (χ2v) is 4.98. The molecule has 1 aromatic heterocycles. The van der Waals surface area contributed by atoms with Crippen LogP contribution in [-0.4, -0.2) is 36.4 Å². The highest BCUT2D eigenvalue weighted by Gasteiger charge is 2.17. The van der Waals surface area contributed by atoms with E-state index < -0.39 is 5.97 Å². The van der Waals surface area contributed by atoms with E-state index in [9.17, 15) is 9.59 Å². The van der Waals surface area contributed by atoms with E-state index in [1.54, 1.807) is 18.3 Å². The van der Waals surface area contributed by atoms with Gasteiger partial charge in [0.1, 0.15) is 5.03 Å². The summed E-state index contributed by atoms with van der Waals surface area (Å²) < 4.78 is 9.27. The minimum Gasteiger partial charge on any atom is -0.469 e. The number of carbonyl (C=O) groups is 2. The Hall–Kier alpha value is -1.56. The van der Waals surface area contributed by atoms with Crippen LogP contribution in [-0.2, 0) is 14.3 Å². The first-order valence-corrected chi connectivity index (χ1v) is 6.23. The third-order valence-electron chi connectivity index (χ3n) is 2.17. The minimum atomic E-state index is -0.434. The monoisotopic (exact) mass is 269 g/mol. The lowest BCUT2D eigenvalue weighted by Gasteiger charge is -2.11. The van der Waals surface area contributed by atoms with Gasteiger partial charge in [0.15, 0.2) is 0 Å². The fourth-order valence-corrected chi connectivity index (χ4v) is 2.30. The number of methoxy groups -OCH3 is 2. The summed E-state index contributed by atoms with van der Waals surface area (Å²) in [6.45, 7) is 1.87. The van der Waals surface area contributed by atoms with Crippen LogP contribution in [0.15, 0.2) is 23.4 Å². The molecule has 18 heavy (non-hydrogen) atoms. The summed E-state index contributed by atoms with van der Waals surface area (Å²) in [6.07, 6.45) is 1.86. The Bertz CT molecular complexity index is 436. The third kappa shape index (κ3) is 4.03. The molecule has 1 rings (SSSR count). The zero-order valence-electron chi connectivity index (χ0n) is 10.5. The number of aromatic nitrogens is 1. The van der Waals surface area contributed by atoms with Crippen molar-refractivity contribution in [3.05, 3.63) is 23.9 Å². The van der Waals surface area contributed by atoms with E-state index in [4.69, 9.17) is 0 Å². The quantitative estimate of drug-likeness (QED) is 0.601. The van der Waals surface area contributed by atoms with Crippen LogP contribution in [0.2, 0.25) is 0 Å². The van der Waals surface area contributed by atoms with Crippen molar-refractivity contribution < 1.29 is 19.1 Å². The SMILES string of the molecule is COC(=O)CC(C)Sc1ncccc1C(=O)OC. The molecule has 0 aliphatic carbocycles. The van der Waals surface area contributed by atoms with Gasteiger partial charge in [0.25, 0.3) is 0 Å². The van der Waals surface area contributed by atoms with E-state index in [-0.39, 0.29) is 17.6 Å². The molecule has 0 aromatic carbocycles. The molecular formula is C12H15NO4S. The number of carbonyl (C=O) groups excluding carboxylic acids is 2. The number of thioether (sulfide) groups is 1. The number of ether oxygens (including phenoxy) is 2. The second-order valence-electron chi connectivity index (χ2n) is 3.56. The molecule has 0 saturated heterocycles. The highest BCUT2D eigenvalue weighted by atomic mass is 32.2. The van der Waals surface area contributed by atoms with Gasteiger partial charge in [0.05, 0.1) is 26.2 Å². The summed E-state index contributed by atoms with van der Waals surface area (Å²) in [4.78, 5) is 26.8. The van der Waals surface area contributed by atoms with Crippen molar-refractivity contribution in [3.8, 4) is 0 Å². The summed E-state index contributed by atoms with van der Waals surface area (Å²) in [5.41, 5.74) is 0.404. The van der Waals surface area contributed by atoms with Gasteiger partial charge in [-0.1, -0.05) is 6.92 Å². The Balaban J connectivity index is 2.78. The maximum absolute atomic E-state index is 11.5. The van der Waals surface area contributed by atoms with Crippen molar-refractivity contribution in [1.29, 1.82) is 0 Å². The molecule has 1 unspecified atom stereocenters. The minimum absolute atomic E-state index is 0.0317. The lowest BCUT2D eigenvalue weighted by Crippen LogP contribution is -2.10. The lowest BCUT2D eigenvalue weighted by atomic mass is 10.3. The van der Waals surface area contributed by atoms with E-state index in [0.29, 0.717) is 10.6 Å². The molecule has 0 bridgehead atoms. The molecule has 98 valence electrons. The molecule has 0 N–H and O–H groups in total. The van der Waals surface area contributed by atoms with Crippen LogP contribution in [0.5, 0.6) is 0 Å². The predicted molar refractivity (Wildman–Crippen MR) is 67.5 cm³/mol. The van der Waals surface area contributed by atoms with Crippen molar-refractivity contribution in [2.24, 2.45) is 0 Å². The van der Waals surface area contributed by atoms with Gasteiger partial charge in [-0.25, -0.2) is 9.78 Å². The second kappa shape index (κ2) is 7.00. The molecular weight excluding hydrogens is 254 g/mol. The smallest absolute Gasteiger partial charge is 0.340 e. The Morgan fingerprint density at radius 3 is 2.72 bits per heavy atom. The zero-order chi connectivity index (χ0) is 13.5. The Labute approximate surface area is 110 Å². The largest absolute Gasteiger partial charge is 0.469 e. The van der Waals surface area contributed by atoms with Crippen LogP contribution >= 0.6 is 11.8 Å². The first kappa shape index (κ1) is 14.5. The standard InChI is InChI=1S/C12H15NO4S/c1-8(7-10(14)16-2)18-11-9(12(15)17-3)5-4-6-13-11/h4-6,8H,7H2,1-3H3. The summed E-state index contributed by atoms with van der Waals surface area (Å²) in [7, 11) is 2.67. The van der Waals surface area contributed by atoms with E-state index >= 15 is 0 Å². The van der Waals surface area contributed by atoms with Gasteiger partial charge in [-0.15, -0.1) is 11.8 Å². The van der Waals surface area contributed by atoms with Crippen molar-refractivity contribution in [2.45, 2.75) is 23.6 Å². The fraction of sp³-hybridized carbons (Fsp3) is 0.417. The van der Waals surface area contributed by atoms with Crippen LogP contribution in [0.4, 0.5) is 0 Å². The average Bonchev–Trinajstić information content (AvgIpc) is 2.38. The van der Waals surface area contributed by atoms with E-state index in [0.717, 1.165) is 0 Å². The first-order chi connectivity index (χ1) is 8.58. The molecule has 0 aliphatic heterocycles. The van der Waals surface area contributed by atoms with E-state index in [1.165, 1.54) is 26.0 Å². The average molecular weight is 269 g/mol. The summed E-state index contributed by atoms with van der Waals surface area (Å²) in [5.74, 6) is -0.721. The number of hydrogen-bond donors (Lipinski definition) is 0. The van der Waals surface area contributed by atoms with Gasteiger partial charge in [0.2, 0.25) is 0 Å². The van der Waals surface area contributed by atoms with Crippen LogP contribution in [0, 0.1) is 0 Å². The predicted octanol–water partition coefficient (Wildman–Crippen LogP) is 1.91. The summed E-state index contributed by atoms with van der Waals surface area (Å²) >= 11 is 1.34. The molecule has 1 heterocycles. The van der Waals surface area contributed by atoms with Gasteiger partial charge in [-0.2, -0.15) is 0 Å². The molecule has 5 nitrogen and oxygen atoms in total. The highest BCUT2D eigenvalue weighted by molar-refractivity contribution is 7.99. The number of nitrogens with zero attached hydrogens (tertiary/aromatic N) is 1. The summed E-state index contributed by atoms with van der Waals surface area (Å²) in [5, 5.41) is 0.525. The van der Waals surface area contributed by atoms with Crippen LogP contribution in [0.3, 0.4) is 0 Å². The highest BCUT2D eigenvalue weighted by Crippen LogP contribution is 2.26. The van der Waals surface area contributed by atoms with Gasteiger partial charge in [-0.05, 0) is 12.1 Å². The molecule has 0 aliphatic rings. The molecule has 1 atom stereocenters. The number of rotatable bonds is 5. The first-order valence-electron chi connectivity index (χ1n) is 5.35. The number of pyridine rings is 1. The fourth-order valence-electron chi connectivity index (χ4n) is 1.30. The normalized spacial score (nSPS) is 11.7. The maximum atomic E-state index is 11.5. The lowest BCUT2D eigenvalue weighted by molar-refractivity contribution is -0.140. The number of hydrogen-bond acceptors (Lipinski definition) is 6. The molecule has 0 radical (unpaired) electrons. The Kier molecular flexibility index (Phi) is 5.64. The number of esters is 2. The Morgan fingerprint density at radius 1 is 1.39 bits per heavy atom. The van der Waals surface area contributed by atoms with Gasteiger partial charge in [0, 0.05) is 11.4 Å². The van der Waals surface area contributed by atoms with Crippen LogP contribution in [0.1, 0.15) is 23.7 Å². The van der Waals surface area contributed by atoms with Crippen molar-refractivity contribution in [1.82, 2.24) is 4.98 Å². The molecule has 0 fully saturated rings. The van der Waals surface area contributed by atoms with E-state index in [2.05, 4.69) is 14.5 Å². The molecule has 0 spiro atoms. The van der Waals surface area contributed by atoms with Crippen molar-refractivity contribution in [2.75, 3.05) is 14.2 Å². The van der Waals surface area contributed by atoms with Crippen molar-refractivity contribution >= 4 is 23.7 Å². The third-order valence-corrected chi connectivity index (χ3v) is 3.29. The molecule has 6 heteroatoms. The maximum Gasteiger partial charge on any atom is 0.340 e. The topological polar surface area (TPSA) is 65.5 Å². The molecule has 1 aromatic rings. The van der Waals surface area contributed by atoms with Gasteiger partial charge < -0.3 is 9.47 Å². The summed E-state index contributed by atoms with van der Waals surface area (Å²) in [6, 6.07) is 3.31. The molecule has 0 saturated carbocycles. The van der Waals surface area contributed by atoms with Crippen LogP contribution < -0.4 is 0 Å². The van der Waals surface area contributed by atoms with Gasteiger partial charge in [-0.3, -0.25) is 4.79 Å². The van der Waals surface area contributed by atoms with E-state index in [1.807, 2.05) is 6.92 Å².